The molecular weight excluding hydrogens is 373 g/mol. The number of carbonyl (C=O) groups is 1. The van der Waals surface area contributed by atoms with Gasteiger partial charge in [0.15, 0.2) is 18.1 Å². The third-order valence-electron chi connectivity index (χ3n) is 3.91. The summed E-state index contributed by atoms with van der Waals surface area (Å²) in [5.41, 5.74) is 2.41. The molecular formula is C19H20FNO3S2. The average molecular weight is 394 g/mol. The molecule has 2 aromatic rings. The Morgan fingerprint density at radius 2 is 1.96 bits per heavy atom. The molecule has 0 spiro atoms. The normalized spacial score (nSPS) is 14.3. The van der Waals surface area contributed by atoms with E-state index in [9.17, 15) is 9.18 Å². The SMILES string of the molecule is COc1cc(C2SCCS2)ccc1OCC(=O)Nc1cc(F)ccc1C. The number of hydrogen-bond acceptors (Lipinski definition) is 5. The molecule has 4 nitrogen and oxygen atoms in total. The van der Waals surface area contributed by atoms with Gasteiger partial charge in [-0.3, -0.25) is 4.79 Å². The van der Waals surface area contributed by atoms with Crippen LogP contribution in [0.4, 0.5) is 10.1 Å². The summed E-state index contributed by atoms with van der Waals surface area (Å²) in [5.74, 6) is 2.66. The predicted octanol–water partition coefficient (Wildman–Crippen LogP) is 4.64. The fraction of sp³-hybridized carbons (Fsp3) is 0.316. The van der Waals surface area contributed by atoms with E-state index in [2.05, 4.69) is 5.32 Å². The number of benzene rings is 2. The molecule has 2 aromatic carbocycles. The van der Waals surface area contributed by atoms with Gasteiger partial charge in [0.2, 0.25) is 0 Å². The Kier molecular flexibility index (Phi) is 6.32. The van der Waals surface area contributed by atoms with Gasteiger partial charge < -0.3 is 14.8 Å². The first-order chi connectivity index (χ1) is 12.6. The van der Waals surface area contributed by atoms with Crippen molar-refractivity contribution in [1.29, 1.82) is 0 Å². The molecule has 0 bridgehead atoms. The lowest BCUT2D eigenvalue weighted by Gasteiger charge is -2.15. The molecule has 0 aromatic heterocycles. The summed E-state index contributed by atoms with van der Waals surface area (Å²) >= 11 is 3.83. The second-order valence-electron chi connectivity index (χ2n) is 5.78. The molecule has 1 amide bonds. The summed E-state index contributed by atoms with van der Waals surface area (Å²) in [6.45, 7) is 1.62. The minimum Gasteiger partial charge on any atom is -0.493 e. The minimum atomic E-state index is -0.397. The number of nitrogens with one attached hydrogen (secondary N) is 1. The van der Waals surface area contributed by atoms with Crippen LogP contribution in [0, 0.1) is 12.7 Å². The van der Waals surface area contributed by atoms with E-state index in [1.54, 1.807) is 20.1 Å². The largest absolute Gasteiger partial charge is 0.493 e. The van der Waals surface area contributed by atoms with Crippen molar-refractivity contribution in [1.82, 2.24) is 0 Å². The number of carbonyl (C=O) groups excluding carboxylic acids is 1. The Bertz CT molecular complexity index is 794. The van der Waals surface area contributed by atoms with Gasteiger partial charge in [0, 0.05) is 17.2 Å². The van der Waals surface area contributed by atoms with Crippen molar-refractivity contribution in [3.8, 4) is 11.5 Å². The van der Waals surface area contributed by atoms with Crippen LogP contribution in [0.25, 0.3) is 0 Å². The molecule has 1 saturated heterocycles. The van der Waals surface area contributed by atoms with E-state index >= 15 is 0 Å². The highest BCUT2D eigenvalue weighted by Crippen LogP contribution is 2.46. The van der Waals surface area contributed by atoms with Gasteiger partial charge in [0.1, 0.15) is 5.82 Å². The molecule has 3 rings (SSSR count). The summed E-state index contributed by atoms with van der Waals surface area (Å²) in [7, 11) is 1.58. The summed E-state index contributed by atoms with van der Waals surface area (Å²) < 4.78 is 24.7. The number of aryl methyl sites for hydroxylation is 1. The molecule has 0 radical (unpaired) electrons. The molecule has 0 saturated carbocycles. The van der Waals surface area contributed by atoms with Crippen molar-refractivity contribution < 1.29 is 18.7 Å². The highest BCUT2D eigenvalue weighted by atomic mass is 32.2. The van der Waals surface area contributed by atoms with Gasteiger partial charge in [-0.15, -0.1) is 23.5 Å². The lowest BCUT2D eigenvalue weighted by molar-refractivity contribution is -0.118. The van der Waals surface area contributed by atoms with E-state index < -0.39 is 5.82 Å². The Morgan fingerprint density at radius 1 is 1.19 bits per heavy atom. The van der Waals surface area contributed by atoms with Gasteiger partial charge in [-0.25, -0.2) is 4.39 Å². The van der Waals surface area contributed by atoms with E-state index in [4.69, 9.17) is 9.47 Å². The van der Waals surface area contributed by atoms with E-state index in [0.717, 1.165) is 17.1 Å². The van der Waals surface area contributed by atoms with Crippen LogP contribution < -0.4 is 14.8 Å². The van der Waals surface area contributed by atoms with Crippen molar-refractivity contribution in [3.05, 3.63) is 53.3 Å². The zero-order chi connectivity index (χ0) is 18.5. The highest BCUT2D eigenvalue weighted by Gasteiger charge is 2.20. The van der Waals surface area contributed by atoms with Crippen molar-refractivity contribution in [3.63, 3.8) is 0 Å². The van der Waals surface area contributed by atoms with Crippen molar-refractivity contribution in [2.24, 2.45) is 0 Å². The molecule has 0 aliphatic carbocycles. The number of anilines is 1. The standard InChI is InChI=1S/C19H20FNO3S2/c1-12-3-5-14(20)10-15(12)21-18(22)11-24-16-6-4-13(9-17(16)23-2)19-25-7-8-26-19/h3-6,9-10,19H,7-8,11H2,1-2H3,(H,21,22). The van der Waals surface area contributed by atoms with Crippen LogP contribution in [0.15, 0.2) is 36.4 Å². The van der Waals surface area contributed by atoms with Gasteiger partial charge >= 0.3 is 0 Å². The molecule has 1 fully saturated rings. The van der Waals surface area contributed by atoms with Gasteiger partial charge in [-0.2, -0.15) is 0 Å². The zero-order valence-corrected chi connectivity index (χ0v) is 16.2. The molecule has 26 heavy (non-hydrogen) atoms. The summed E-state index contributed by atoms with van der Waals surface area (Å²) in [5, 5.41) is 2.66. The molecule has 1 aliphatic rings. The first-order valence-electron chi connectivity index (χ1n) is 8.17. The molecule has 0 unspecified atom stereocenters. The van der Waals surface area contributed by atoms with Crippen molar-refractivity contribution in [2.75, 3.05) is 30.5 Å². The molecule has 1 aliphatic heterocycles. The maximum atomic E-state index is 13.3. The number of ether oxygens (including phenoxy) is 2. The van der Waals surface area contributed by atoms with Gasteiger partial charge in [-0.05, 0) is 42.3 Å². The van der Waals surface area contributed by atoms with Crippen molar-refractivity contribution in [2.45, 2.75) is 11.5 Å². The second-order valence-corrected chi connectivity index (χ2v) is 8.50. The Labute approximate surface area is 160 Å². The molecule has 138 valence electrons. The molecule has 0 atom stereocenters. The number of methoxy groups -OCH3 is 1. The fourth-order valence-electron chi connectivity index (χ4n) is 2.56. The van der Waals surface area contributed by atoms with Crippen LogP contribution in [-0.4, -0.2) is 31.1 Å². The minimum absolute atomic E-state index is 0.182. The lowest BCUT2D eigenvalue weighted by Crippen LogP contribution is -2.21. The third-order valence-corrected chi connectivity index (χ3v) is 7.02. The highest BCUT2D eigenvalue weighted by molar-refractivity contribution is 8.19. The zero-order valence-electron chi connectivity index (χ0n) is 14.6. The van der Waals surface area contributed by atoms with Crippen LogP contribution in [0.2, 0.25) is 0 Å². The fourth-order valence-corrected chi connectivity index (χ4v) is 5.40. The lowest BCUT2D eigenvalue weighted by atomic mass is 10.2. The maximum absolute atomic E-state index is 13.3. The third kappa shape index (κ3) is 4.65. The average Bonchev–Trinajstić information content (AvgIpc) is 3.17. The van der Waals surface area contributed by atoms with Crippen molar-refractivity contribution >= 4 is 35.1 Å². The van der Waals surface area contributed by atoms with Gasteiger partial charge in [-0.1, -0.05) is 12.1 Å². The Balaban J connectivity index is 1.63. The smallest absolute Gasteiger partial charge is 0.262 e. The monoisotopic (exact) mass is 393 g/mol. The second kappa shape index (κ2) is 8.68. The molecule has 1 N–H and O–H groups in total. The number of hydrogen-bond donors (Lipinski definition) is 1. The maximum Gasteiger partial charge on any atom is 0.262 e. The Morgan fingerprint density at radius 3 is 2.69 bits per heavy atom. The summed E-state index contributed by atoms with van der Waals surface area (Å²) in [4.78, 5) is 12.1. The van der Waals surface area contributed by atoms with Gasteiger partial charge in [0.25, 0.3) is 5.91 Å². The first-order valence-corrected chi connectivity index (χ1v) is 10.3. The number of halogens is 1. The summed E-state index contributed by atoms with van der Waals surface area (Å²) in [6, 6.07) is 10.1. The number of thioether (sulfide) groups is 2. The number of amides is 1. The van der Waals surface area contributed by atoms with Crippen LogP contribution in [0.5, 0.6) is 11.5 Å². The van der Waals surface area contributed by atoms with Crippen LogP contribution in [0.3, 0.4) is 0 Å². The van der Waals surface area contributed by atoms with E-state index in [-0.39, 0.29) is 12.5 Å². The van der Waals surface area contributed by atoms with E-state index in [1.807, 2.05) is 41.7 Å². The first kappa shape index (κ1) is 18.9. The predicted molar refractivity (Wildman–Crippen MR) is 106 cm³/mol. The molecule has 7 heteroatoms. The Hall–Kier alpha value is -1.86. The summed E-state index contributed by atoms with van der Waals surface area (Å²) in [6.07, 6.45) is 0. The van der Waals surface area contributed by atoms with E-state index in [1.165, 1.54) is 17.7 Å². The van der Waals surface area contributed by atoms with Gasteiger partial charge in [0.05, 0.1) is 11.7 Å². The quantitative estimate of drug-likeness (QED) is 0.775. The topological polar surface area (TPSA) is 47.6 Å². The van der Waals surface area contributed by atoms with Crippen LogP contribution in [-0.2, 0) is 4.79 Å². The molecule has 1 heterocycles. The van der Waals surface area contributed by atoms with Crippen LogP contribution in [0.1, 0.15) is 15.7 Å². The number of rotatable bonds is 6. The van der Waals surface area contributed by atoms with E-state index in [0.29, 0.717) is 21.8 Å². The van der Waals surface area contributed by atoms with Crippen LogP contribution >= 0.6 is 23.5 Å².